The van der Waals surface area contributed by atoms with Crippen LogP contribution in [0.2, 0.25) is 0 Å². The highest BCUT2D eigenvalue weighted by Crippen LogP contribution is 2.48. The van der Waals surface area contributed by atoms with E-state index in [0.29, 0.717) is 0 Å². The summed E-state index contributed by atoms with van der Waals surface area (Å²) in [5.41, 5.74) is 21.8. The molecule has 0 fully saturated rings. The Balaban J connectivity index is 0.000000114. The van der Waals surface area contributed by atoms with Crippen LogP contribution >= 0.6 is 0 Å². The van der Waals surface area contributed by atoms with Crippen LogP contribution in [-0.4, -0.2) is 0 Å². The number of fused-ring (bicyclic) bond motifs is 7. The first-order valence-electron chi connectivity index (χ1n) is 31.6. The molecule has 0 aliphatic carbocycles. The predicted octanol–water partition coefficient (Wildman–Crippen LogP) is 25.7. The Kier molecular flexibility index (Phi) is 15.2. The van der Waals surface area contributed by atoms with Crippen LogP contribution in [-0.2, 0) is 0 Å². The smallest absolute Gasteiger partial charge is 0.00201 e. The van der Waals surface area contributed by atoms with E-state index in [0.717, 1.165) is 0 Å². The summed E-state index contributed by atoms with van der Waals surface area (Å²) in [6.45, 7) is 6.42. The van der Waals surface area contributed by atoms with Crippen LogP contribution in [0.3, 0.4) is 0 Å². The summed E-state index contributed by atoms with van der Waals surface area (Å²) in [6.07, 6.45) is 0. The number of benzene rings is 17. The molecule has 0 aliphatic rings. The van der Waals surface area contributed by atoms with Crippen LogP contribution in [0, 0.1) is 20.8 Å². The maximum absolute atomic E-state index is 2.33. The van der Waals surface area contributed by atoms with Crippen molar-refractivity contribution in [1.82, 2.24) is 0 Å². The van der Waals surface area contributed by atoms with Crippen molar-refractivity contribution in [3.8, 4) is 77.9 Å². The molecule has 0 saturated carbocycles. The lowest BCUT2D eigenvalue weighted by Gasteiger charge is -2.18. The first-order chi connectivity index (χ1) is 44.9. The molecule has 91 heavy (non-hydrogen) atoms. The molecule has 0 nitrogen and oxygen atoms in total. The highest BCUT2D eigenvalue weighted by molar-refractivity contribution is 6.25. The zero-order valence-electron chi connectivity index (χ0n) is 51.4. The second-order valence-corrected chi connectivity index (χ2v) is 24.0. The van der Waals surface area contributed by atoms with Crippen molar-refractivity contribution in [2.75, 3.05) is 0 Å². The van der Waals surface area contributed by atoms with Gasteiger partial charge in [-0.1, -0.05) is 356 Å². The summed E-state index contributed by atoms with van der Waals surface area (Å²) in [7, 11) is 0. The van der Waals surface area contributed by atoms with Gasteiger partial charge in [0.05, 0.1) is 0 Å². The Bertz CT molecular complexity index is 5330. The van der Waals surface area contributed by atoms with Gasteiger partial charge >= 0.3 is 0 Å². The summed E-state index contributed by atoms with van der Waals surface area (Å²) in [4.78, 5) is 0. The van der Waals surface area contributed by atoms with Gasteiger partial charge in [-0.25, -0.2) is 0 Å². The molecule has 0 aliphatic heterocycles. The number of hydrogen-bond donors (Lipinski definition) is 0. The number of rotatable bonds is 7. The molecule has 0 radical (unpaired) electrons. The largest absolute Gasteiger partial charge is 0.0622 e. The molecule has 0 atom stereocenters. The molecule has 17 aromatic carbocycles. The van der Waals surface area contributed by atoms with Crippen molar-refractivity contribution in [3.63, 3.8) is 0 Å². The molecule has 0 heterocycles. The fraction of sp³-hybridized carbons (Fsp3) is 0.0330. The Hall–Kier alpha value is -11.4. The second-order valence-electron chi connectivity index (χ2n) is 24.0. The molecule has 0 bridgehead atoms. The van der Waals surface area contributed by atoms with Crippen LogP contribution in [0.25, 0.3) is 153 Å². The van der Waals surface area contributed by atoms with E-state index in [1.807, 2.05) is 0 Å². The normalized spacial score (nSPS) is 11.2. The van der Waals surface area contributed by atoms with E-state index in [9.17, 15) is 0 Å². The van der Waals surface area contributed by atoms with Gasteiger partial charge in [0.1, 0.15) is 0 Å². The van der Waals surface area contributed by atoms with Gasteiger partial charge in [-0.05, 0) is 180 Å². The van der Waals surface area contributed by atoms with E-state index >= 15 is 0 Å². The van der Waals surface area contributed by atoms with Gasteiger partial charge < -0.3 is 0 Å². The zero-order chi connectivity index (χ0) is 61.2. The third kappa shape index (κ3) is 10.7. The maximum atomic E-state index is 2.33. The van der Waals surface area contributed by atoms with Crippen molar-refractivity contribution < 1.29 is 0 Å². The molecule has 0 saturated heterocycles. The molecule has 430 valence electrons. The van der Waals surface area contributed by atoms with Crippen LogP contribution in [0.15, 0.2) is 346 Å². The van der Waals surface area contributed by atoms with Crippen molar-refractivity contribution in [3.05, 3.63) is 362 Å². The number of hydrogen-bond acceptors (Lipinski definition) is 0. The third-order valence-corrected chi connectivity index (χ3v) is 18.2. The SMILES string of the molecule is Cc1ccc(-c2c3ccccc3c(-c3cccc(-c4ccccc4)c3)c3ccccc23)cc1.Cc1ccc(-c2c3ccccc3c(-c3cccc4ccccc34)c3ccccc23)cc1.Cc1ccc(-c2c3ccccc3c(-c3ccccc3)c3ccccc23)cc1. The summed E-state index contributed by atoms with van der Waals surface area (Å²) in [5.74, 6) is 0. The van der Waals surface area contributed by atoms with E-state index in [2.05, 4.69) is 367 Å². The monoisotopic (exact) mass is 1160 g/mol. The first kappa shape index (κ1) is 56.1. The minimum absolute atomic E-state index is 1.24. The minimum atomic E-state index is 1.24. The molecule has 0 amide bonds. The fourth-order valence-electron chi connectivity index (χ4n) is 13.9. The van der Waals surface area contributed by atoms with Crippen LogP contribution in [0.1, 0.15) is 16.7 Å². The van der Waals surface area contributed by atoms with Crippen molar-refractivity contribution >= 4 is 75.4 Å². The molecule has 0 spiro atoms. The van der Waals surface area contributed by atoms with Crippen molar-refractivity contribution in [1.29, 1.82) is 0 Å². The Morgan fingerprint density at radius 3 is 0.725 bits per heavy atom. The fourth-order valence-corrected chi connectivity index (χ4v) is 13.9. The van der Waals surface area contributed by atoms with Gasteiger partial charge in [0.25, 0.3) is 0 Å². The minimum Gasteiger partial charge on any atom is -0.0622 e. The van der Waals surface area contributed by atoms with Gasteiger partial charge in [-0.3, -0.25) is 0 Å². The highest BCUT2D eigenvalue weighted by Gasteiger charge is 2.20. The zero-order valence-corrected chi connectivity index (χ0v) is 51.4. The lowest BCUT2D eigenvalue weighted by Crippen LogP contribution is -1.91. The molecular formula is C91H66. The summed E-state index contributed by atoms with van der Waals surface area (Å²) < 4.78 is 0. The van der Waals surface area contributed by atoms with Gasteiger partial charge in [0.15, 0.2) is 0 Å². The van der Waals surface area contributed by atoms with Crippen LogP contribution in [0.5, 0.6) is 0 Å². The van der Waals surface area contributed by atoms with Gasteiger partial charge in [0, 0.05) is 0 Å². The summed E-state index contributed by atoms with van der Waals surface area (Å²) >= 11 is 0. The standard InChI is InChI=1S/C33H24.C31H22.C27H20/c1-23-18-20-25(21-19-23)32-28-14-5-7-16-30(28)33(31-17-8-6-15-29(31)32)27-13-9-12-26(22-27)24-10-3-2-4-11-24;1-21-17-19-23(20-18-21)30-26-12-4-6-14-28(26)31(29-15-7-5-13-27(29)30)25-16-8-10-22-9-2-3-11-24(22)25;1-19-15-17-21(18-16-19)27-24-13-7-5-11-22(24)26(20-9-3-2-4-10-20)23-12-6-8-14-25(23)27/h2-22H,1H3;2-20H,1H3;2-18H,1H3. The molecular weight excluding hydrogens is 1090 g/mol. The average molecular weight is 1160 g/mol. The molecule has 0 N–H and O–H groups in total. The lowest BCUT2D eigenvalue weighted by atomic mass is 9.84. The molecule has 0 heteroatoms. The van der Waals surface area contributed by atoms with Crippen LogP contribution < -0.4 is 0 Å². The van der Waals surface area contributed by atoms with E-state index in [4.69, 9.17) is 0 Å². The quantitative estimate of drug-likeness (QED) is 0.140. The van der Waals surface area contributed by atoms with Gasteiger partial charge in [-0.2, -0.15) is 0 Å². The lowest BCUT2D eigenvalue weighted by molar-refractivity contribution is 1.47. The second kappa shape index (κ2) is 24.6. The Labute approximate surface area is 533 Å². The first-order valence-corrected chi connectivity index (χ1v) is 31.6. The summed E-state index contributed by atoms with van der Waals surface area (Å²) in [6, 6.07) is 125. The van der Waals surface area contributed by atoms with Crippen LogP contribution in [0.4, 0.5) is 0 Å². The maximum Gasteiger partial charge on any atom is -0.00201 e. The topological polar surface area (TPSA) is 0 Å². The molecule has 17 rings (SSSR count). The van der Waals surface area contributed by atoms with E-state index < -0.39 is 0 Å². The van der Waals surface area contributed by atoms with E-state index in [1.54, 1.807) is 0 Å². The van der Waals surface area contributed by atoms with E-state index in [-0.39, 0.29) is 0 Å². The van der Waals surface area contributed by atoms with Gasteiger partial charge in [0.2, 0.25) is 0 Å². The summed E-state index contributed by atoms with van der Waals surface area (Å²) in [5, 5.41) is 18.1. The van der Waals surface area contributed by atoms with Crippen molar-refractivity contribution in [2.24, 2.45) is 0 Å². The molecule has 0 unspecified atom stereocenters. The molecule has 0 aromatic heterocycles. The Morgan fingerprint density at radius 2 is 0.374 bits per heavy atom. The van der Waals surface area contributed by atoms with E-state index in [1.165, 1.54) is 170 Å². The molecule has 17 aromatic rings. The van der Waals surface area contributed by atoms with Gasteiger partial charge in [-0.15, -0.1) is 0 Å². The predicted molar refractivity (Wildman–Crippen MR) is 394 cm³/mol. The number of aryl methyl sites for hydroxylation is 3. The van der Waals surface area contributed by atoms with Crippen molar-refractivity contribution in [2.45, 2.75) is 20.8 Å². The average Bonchev–Trinajstić information content (AvgIpc) is 0.790. The highest BCUT2D eigenvalue weighted by atomic mass is 14.2. The Morgan fingerprint density at radius 1 is 0.143 bits per heavy atom. The third-order valence-electron chi connectivity index (χ3n) is 18.2.